The molecule has 10 atom stereocenters. The molecule has 0 amide bonds. The van der Waals surface area contributed by atoms with Crippen molar-refractivity contribution in [2.45, 2.75) is 105 Å². The molecule has 7 heteroatoms. The molecule has 0 aliphatic heterocycles. The van der Waals surface area contributed by atoms with Gasteiger partial charge in [0.15, 0.2) is 0 Å². The monoisotopic (exact) mass is 504 g/mol. The summed E-state index contributed by atoms with van der Waals surface area (Å²) in [5.74, 6) is 0.785. The molecule has 0 spiro atoms. The third-order valence-electron chi connectivity index (χ3n) is 10.9. The minimum Gasteiger partial charge on any atom is -0.469 e. The van der Waals surface area contributed by atoms with Gasteiger partial charge in [0.1, 0.15) is 18.0 Å². The second-order valence-electron chi connectivity index (χ2n) is 12.6. The van der Waals surface area contributed by atoms with E-state index in [4.69, 9.17) is 14.2 Å². The molecule has 202 valence electrons. The Morgan fingerprint density at radius 1 is 1.00 bits per heavy atom. The predicted octanol–water partition coefficient (Wildman–Crippen LogP) is 4.89. The van der Waals surface area contributed by atoms with E-state index in [9.17, 15) is 19.2 Å². The molecule has 0 bridgehead atoms. The molecular weight excluding hydrogens is 460 g/mol. The normalized spacial score (nSPS) is 42.4. The molecule has 0 aromatic carbocycles. The Morgan fingerprint density at radius 2 is 1.69 bits per heavy atom. The lowest BCUT2D eigenvalue weighted by molar-refractivity contribution is -0.196. The number of Topliss-reactive ketones (excluding diaryl/α,β-unsaturated/α-hetero) is 1. The fraction of sp³-hybridized carbons (Fsp3) is 0.862. The third-order valence-corrected chi connectivity index (χ3v) is 10.9. The van der Waals surface area contributed by atoms with Crippen LogP contribution in [0.2, 0.25) is 0 Å². The first-order valence-electron chi connectivity index (χ1n) is 13.9. The van der Waals surface area contributed by atoms with E-state index in [1.807, 2.05) is 0 Å². The molecule has 0 heterocycles. The lowest BCUT2D eigenvalue weighted by Gasteiger charge is -2.62. The second-order valence-corrected chi connectivity index (χ2v) is 12.6. The molecule has 0 saturated heterocycles. The number of carbonyl (C=O) groups is 4. The summed E-state index contributed by atoms with van der Waals surface area (Å²) in [6.45, 7) is 9.57. The van der Waals surface area contributed by atoms with E-state index in [0.29, 0.717) is 25.0 Å². The third kappa shape index (κ3) is 4.60. The Hall–Kier alpha value is -1.92. The average molecular weight is 505 g/mol. The molecule has 4 aliphatic carbocycles. The van der Waals surface area contributed by atoms with E-state index < -0.39 is 5.41 Å². The van der Waals surface area contributed by atoms with Crippen LogP contribution in [0.15, 0.2) is 0 Å². The molecule has 4 fully saturated rings. The van der Waals surface area contributed by atoms with Crippen LogP contribution < -0.4 is 0 Å². The predicted molar refractivity (Wildman–Crippen MR) is 133 cm³/mol. The van der Waals surface area contributed by atoms with Gasteiger partial charge >= 0.3 is 17.9 Å². The highest BCUT2D eigenvalue weighted by atomic mass is 16.5. The van der Waals surface area contributed by atoms with Crippen molar-refractivity contribution in [3.63, 3.8) is 0 Å². The molecule has 36 heavy (non-hydrogen) atoms. The van der Waals surface area contributed by atoms with Crippen LogP contribution in [0, 0.1) is 46.3 Å². The average Bonchev–Trinajstić information content (AvgIpc) is 3.16. The van der Waals surface area contributed by atoms with E-state index in [1.165, 1.54) is 21.0 Å². The number of ether oxygens (including phenoxy) is 3. The topological polar surface area (TPSA) is 96.0 Å². The minimum absolute atomic E-state index is 0.0382. The zero-order chi connectivity index (χ0) is 26.4. The highest BCUT2D eigenvalue weighted by Gasteiger charge is 2.66. The maximum atomic E-state index is 14.0. The van der Waals surface area contributed by atoms with Crippen LogP contribution >= 0.6 is 0 Å². The molecule has 0 N–H and O–H groups in total. The van der Waals surface area contributed by atoms with Crippen molar-refractivity contribution < 1.29 is 33.4 Å². The van der Waals surface area contributed by atoms with Crippen molar-refractivity contribution >= 4 is 23.7 Å². The Bertz CT molecular complexity index is 898. The minimum atomic E-state index is -0.465. The quantitative estimate of drug-likeness (QED) is 0.375. The summed E-state index contributed by atoms with van der Waals surface area (Å²) in [6, 6.07) is 0. The van der Waals surface area contributed by atoms with Gasteiger partial charge in [-0.15, -0.1) is 0 Å². The fourth-order valence-corrected chi connectivity index (χ4v) is 9.14. The number of ketones is 1. The van der Waals surface area contributed by atoms with E-state index in [0.717, 1.165) is 38.5 Å². The summed E-state index contributed by atoms with van der Waals surface area (Å²) >= 11 is 0. The summed E-state index contributed by atoms with van der Waals surface area (Å²) in [5.41, 5.74) is -0.503. The lowest BCUT2D eigenvalue weighted by Crippen LogP contribution is -2.62. The zero-order valence-corrected chi connectivity index (χ0v) is 22.8. The molecule has 0 radical (unpaired) electrons. The first-order chi connectivity index (χ1) is 16.9. The number of fused-ring (bicyclic) bond motifs is 5. The van der Waals surface area contributed by atoms with Crippen LogP contribution in [0.4, 0.5) is 0 Å². The Labute approximate surface area is 215 Å². The zero-order valence-electron chi connectivity index (χ0n) is 22.8. The second kappa shape index (κ2) is 10.1. The van der Waals surface area contributed by atoms with Crippen molar-refractivity contribution in [2.75, 3.05) is 7.11 Å². The van der Waals surface area contributed by atoms with Gasteiger partial charge in [0.05, 0.1) is 7.11 Å². The first-order valence-corrected chi connectivity index (χ1v) is 13.9. The maximum absolute atomic E-state index is 14.0. The molecule has 4 aliphatic rings. The Morgan fingerprint density at radius 3 is 2.33 bits per heavy atom. The van der Waals surface area contributed by atoms with Gasteiger partial charge in [0.25, 0.3) is 0 Å². The van der Waals surface area contributed by atoms with Crippen LogP contribution in [0.1, 0.15) is 92.4 Å². The summed E-state index contributed by atoms with van der Waals surface area (Å²) < 4.78 is 16.5. The number of rotatable bonds is 6. The first kappa shape index (κ1) is 27.1. The number of carbonyl (C=O) groups excluding carboxylic acids is 4. The van der Waals surface area contributed by atoms with Gasteiger partial charge in [0.2, 0.25) is 0 Å². The highest BCUT2D eigenvalue weighted by molar-refractivity contribution is 5.87. The van der Waals surface area contributed by atoms with Crippen LogP contribution in [0.5, 0.6) is 0 Å². The number of hydrogen-bond acceptors (Lipinski definition) is 7. The van der Waals surface area contributed by atoms with E-state index in [2.05, 4.69) is 20.8 Å². The van der Waals surface area contributed by atoms with E-state index in [-0.39, 0.29) is 71.0 Å². The van der Waals surface area contributed by atoms with Gasteiger partial charge in [0, 0.05) is 38.0 Å². The number of hydrogen-bond donors (Lipinski definition) is 0. The van der Waals surface area contributed by atoms with E-state index >= 15 is 0 Å². The largest absolute Gasteiger partial charge is 0.469 e. The van der Waals surface area contributed by atoms with Gasteiger partial charge in [-0.2, -0.15) is 0 Å². The van der Waals surface area contributed by atoms with Crippen LogP contribution in [-0.4, -0.2) is 43.0 Å². The van der Waals surface area contributed by atoms with Gasteiger partial charge < -0.3 is 14.2 Å². The molecular formula is C29H44O7. The summed E-state index contributed by atoms with van der Waals surface area (Å²) in [5, 5.41) is 0. The fourth-order valence-electron chi connectivity index (χ4n) is 9.14. The van der Waals surface area contributed by atoms with E-state index in [1.54, 1.807) is 0 Å². The van der Waals surface area contributed by atoms with Gasteiger partial charge in [-0.05, 0) is 80.0 Å². The van der Waals surface area contributed by atoms with Crippen molar-refractivity contribution in [1.29, 1.82) is 0 Å². The molecule has 4 rings (SSSR count). The number of esters is 3. The molecule has 0 aromatic heterocycles. The summed E-state index contributed by atoms with van der Waals surface area (Å²) in [7, 11) is 1.41. The van der Waals surface area contributed by atoms with Crippen LogP contribution in [-0.2, 0) is 33.4 Å². The van der Waals surface area contributed by atoms with Gasteiger partial charge in [-0.25, -0.2) is 0 Å². The van der Waals surface area contributed by atoms with Crippen LogP contribution in [0.3, 0.4) is 0 Å². The molecule has 4 saturated carbocycles. The van der Waals surface area contributed by atoms with Crippen molar-refractivity contribution in [2.24, 2.45) is 46.3 Å². The Balaban J connectivity index is 1.62. The smallest absolute Gasteiger partial charge is 0.305 e. The highest BCUT2D eigenvalue weighted by Crippen LogP contribution is 2.67. The van der Waals surface area contributed by atoms with Crippen molar-refractivity contribution in [3.05, 3.63) is 0 Å². The summed E-state index contributed by atoms with van der Waals surface area (Å²) in [4.78, 5) is 49.7. The maximum Gasteiger partial charge on any atom is 0.305 e. The van der Waals surface area contributed by atoms with Crippen LogP contribution in [0.25, 0.3) is 0 Å². The molecule has 0 aromatic rings. The standard InChI is InChI=1S/C29H44O7/c1-16(7-10-26(33)34-6)21-8-9-22-27-23(15-25(32)29(21,22)5)28(4)12-11-20(35-17(2)30)13-19(28)14-24(27)36-18(3)31/h16,19-24,27H,7-15H2,1-6H3/t16-,19-,20+,21-,22+,23-,24+,27+,28-,29+/m0/s1. The Kier molecular flexibility index (Phi) is 7.60. The van der Waals surface area contributed by atoms with Gasteiger partial charge in [-0.3, -0.25) is 19.2 Å². The lowest BCUT2D eigenvalue weighted by atomic mass is 9.43. The number of methoxy groups -OCH3 is 1. The van der Waals surface area contributed by atoms with Crippen molar-refractivity contribution in [1.82, 2.24) is 0 Å². The summed E-state index contributed by atoms with van der Waals surface area (Å²) in [6.07, 6.45) is 6.44. The van der Waals surface area contributed by atoms with Gasteiger partial charge in [-0.1, -0.05) is 20.8 Å². The molecule has 0 unspecified atom stereocenters. The molecule has 7 nitrogen and oxygen atoms in total. The SMILES string of the molecule is COC(=O)CC[C@H](C)[C@@H]1CC[C@@H]2[C@H]3[C@H](OC(C)=O)C[C@@H]4C[C@H](OC(C)=O)CC[C@]4(C)[C@H]3CC(=O)[C@@]21C. The van der Waals surface area contributed by atoms with Crippen molar-refractivity contribution in [3.8, 4) is 0 Å².